The van der Waals surface area contributed by atoms with Gasteiger partial charge < -0.3 is 10.2 Å². The van der Waals surface area contributed by atoms with E-state index in [1.807, 2.05) is 0 Å². The molecule has 98 valence electrons. The molecular weight excluding hydrogens is 356 g/mol. The minimum atomic E-state index is 0.699. The predicted molar refractivity (Wildman–Crippen MR) is 83.2 cm³/mol. The zero-order valence-corrected chi connectivity index (χ0v) is 13.7. The van der Waals surface area contributed by atoms with Gasteiger partial charge in [-0.2, -0.15) is 0 Å². The van der Waals surface area contributed by atoms with Crippen molar-refractivity contribution in [1.82, 2.24) is 5.32 Å². The summed E-state index contributed by atoms with van der Waals surface area (Å²) < 4.78 is 2.38. The van der Waals surface area contributed by atoms with Crippen LogP contribution in [0.2, 0.25) is 0 Å². The van der Waals surface area contributed by atoms with Gasteiger partial charge in [0.1, 0.15) is 0 Å². The SMILES string of the molecule is CNC1CC2CCC(C1)N2c1cc(Br)ccc1Br. The highest BCUT2D eigenvalue weighted by Gasteiger charge is 2.40. The molecule has 0 aromatic heterocycles. The van der Waals surface area contributed by atoms with Crippen LogP contribution in [0.25, 0.3) is 0 Å². The molecule has 0 saturated carbocycles. The molecule has 2 saturated heterocycles. The van der Waals surface area contributed by atoms with Gasteiger partial charge in [0.15, 0.2) is 0 Å². The molecule has 2 fully saturated rings. The average molecular weight is 374 g/mol. The Bertz CT molecular complexity index is 435. The highest BCUT2D eigenvalue weighted by Crippen LogP contribution is 2.42. The Balaban J connectivity index is 1.91. The summed E-state index contributed by atoms with van der Waals surface area (Å²) in [6, 6.07) is 8.58. The molecule has 2 aliphatic rings. The third-order valence-corrected chi connectivity index (χ3v) is 5.49. The first-order valence-corrected chi connectivity index (χ1v) is 8.18. The van der Waals surface area contributed by atoms with Crippen LogP contribution in [0.3, 0.4) is 0 Å². The maximum Gasteiger partial charge on any atom is 0.0526 e. The van der Waals surface area contributed by atoms with Crippen LogP contribution in [0.1, 0.15) is 25.7 Å². The quantitative estimate of drug-likeness (QED) is 0.844. The van der Waals surface area contributed by atoms with Crippen molar-refractivity contribution >= 4 is 37.5 Å². The zero-order valence-electron chi connectivity index (χ0n) is 10.5. The number of piperidine rings is 1. The highest BCUT2D eigenvalue weighted by molar-refractivity contribution is 9.11. The van der Waals surface area contributed by atoms with E-state index < -0.39 is 0 Å². The second-order valence-corrected chi connectivity index (χ2v) is 7.12. The molecule has 1 aromatic carbocycles. The van der Waals surface area contributed by atoms with Crippen molar-refractivity contribution in [3.8, 4) is 0 Å². The van der Waals surface area contributed by atoms with Gasteiger partial charge in [-0.25, -0.2) is 0 Å². The van der Waals surface area contributed by atoms with Crippen molar-refractivity contribution in [2.75, 3.05) is 11.9 Å². The van der Waals surface area contributed by atoms with Crippen LogP contribution < -0.4 is 10.2 Å². The Kier molecular flexibility index (Phi) is 3.70. The number of anilines is 1. The standard InChI is InChI=1S/C14H18Br2N2/c1-17-10-7-11-3-4-12(8-10)18(11)14-6-9(15)2-5-13(14)16/h2,5-6,10-12,17H,3-4,7-8H2,1H3. The first-order chi connectivity index (χ1) is 8.69. The molecule has 2 bridgehead atoms. The van der Waals surface area contributed by atoms with Gasteiger partial charge in [0.2, 0.25) is 0 Å². The maximum absolute atomic E-state index is 3.70. The van der Waals surface area contributed by atoms with Crippen LogP contribution in [-0.4, -0.2) is 25.2 Å². The third-order valence-electron chi connectivity index (χ3n) is 4.33. The summed E-state index contributed by atoms with van der Waals surface area (Å²) in [5, 5.41) is 3.46. The summed E-state index contributed by atoms with van der Waals surface area (Å²) in [5.41, 5.74) is 1.35. The van der Waals surface area contributed by atoms with E-state index in [0.717, 1.165) is 4.47 Å². The molecule has 0 spiro atoms. The molecule has 2 heterocycles. The van der Waals surface area contributed by atoms with Gasteiger partial charge in [0.05, 0.1) is 5.69 Å². The van der Waals surface area contributed by atoms with Crippen molar-refractivity contribution in [1.29, 1.82) is 0 Å². The van der Waals surface area contributed by atoms with Crippen molar-refractivity contribution in [3.63, 3.8) is 0 Å². The van der Waals surface area contributed by atoms with Gasteiger partial charge in [-0.3, -0.25) is 0 Å². The maximum atomic E-state index is 3.70. The summed E-state index contributed by atoms with van der Waals surface area (Å²) in [5.74, 6) is 0. The van der Waals surface area contributed by atoms with Crippen molar-refractivity contribution < 1.29 is 0 Å². The number of rotatable bonds is 2. The fraction of sp³-hybridized carbons (Fsp3) is 0.571. The zero-order chi connectivity index (χ0) is 12.7. The van der Waals surface area contributed by atoms with E-state index in [0.29, 0.717) is 18.1 Å². The van der Waals surface area contributed by atoms with Crippen LogP contribution in [0.4, 0.5) is 5.69 Å². The third kappa shape index (κ3) is 2.23. The van der Waals surface area contributed by atoms with Crippen LogP contribution >= 0.6 is 31.9 Å². The fourth-order valence-corrected chi connectivity index (χ4v) is 4.29. The van der Waals surface area contributed by atoms with Crippen LogP contribution in [0.5, 0.6) is 0 Å². The molecule has 4 heteroatoms. The second-order valence-electron chi connectivity index (χ2n) is 5.35. The molecule has 18 heavy (non-hydrogen) atoms. The fourth-order valence-electron chi connectivity index (χ4n) is 3.49. The molecule has 2 unspecified atom stereocenters. The molecule has 2 aliphatic heterocycles. The molecule has 3 rings (SSSR count). The first-order valence-electron chi connectivity index (χ1n) is 6.59. The van der Waals surface area contributed by atoms with Crippen molar-refractivity contribution in [3.05, 3.63) is 27.1 Å². The number of benzene rings is 1. The Hall–Kier alpha value is -0.0600. The van der Waals surface area contributed by atoms with Crippen LogP contribution in [-0.2, 0) is 0 Å². The van der Waals surface area contributed by atoms with E-state index in [9.17, 15) is 0 Å². The minimum absolute atomic E-state index is 0.699. The second kappa shape index (κ2) is 5.14. The van der Waals surface area contributed by atoms with Gasteiger partial charge in [0.25, 0.3) is 0 Å². The summed E-state index contributed by atoms with van der Waals surface area (Å²) >= 11 is 7.29. The van der Waals surface area contributed by atoms with Crippen LogP contribution in [0, 0.1) is 0 Å². The predicted octanol–water partition coefficient (Wildman–Crippen LogP) is 3.93. The molecule has 1 aromatic rings. The number of nitrogens with one attached hydrogen (secondary N) is 1. The lowest BCUT2D eigenvalue weighted by atomic mass is 9.97. The summed E-state index contributed by atoms with van der Waals surface area (Å²) in [7, 11) is 2.09. The Morgan fingerprint density at radius 3 is 2.44 bits per heavy atom. The topological polar surface area (TPSA) is 15.3 Å². The summed E-state index contributed by atoms with van der Waals surface area (Å²) in [4.78, 5) is 2.64. The summed E-state index contributed by atoms with van der Waals surface area (Å²) in [6.07, 6.45) is 5.21. The molecule has 0 radical (unpaired) electrons. The number of hydrogen-bond donors (Lipinski definition) is 1. The lowest BCUT2D eigenvalue weighted by Crippen LogP contribution is -2.48. The first kappa shape index (κ1) is 12.9. The normalized spacial score (nSPS) is 30.8. The van der Waals surface area contributed by atoms with Gasteiger partial charge in [-0.15, -0.1) is 0 Å². The number of halogens is 2. The molecule has 0 amide bonds. The lowest BCUT2D eigenvalue weighted by Gasteiger charge is -2.41. The van der Waals surface area contributed by atoms with Gasteiger partial charge >= 0.3 is 0 Å². The van der Waals surface area contributed by atoms with Crippen molar-refractivity contribution in [2.45, 2.75) is 43.8 Å². The molecule has 2 atom stereocenters. The number of nitrogens with zero attached hydrogens (tertiary/aromatic N) is 1. The monoisotopic (exact) mass is 372 g/mol. The van der Waals surface area contributed by atoms with E-state index in [2.05, 4.69) is 67.3 Å². The van der Waals surface area contributed by atoms with Crippen LogP contribution in [0.15, 0.2) is 27.1 Å². The van der Waals surface area contributed by atoms with Gasteiger partial charge in [-0.1, -0.05) is 15.9 Å². The summed E-state index contributed by atoms with van der Waals surface area (Å²) in [6.45, 7) is 0. The molecule has 2 nitrogen and oxygen atoms in total. The molecular formula is C14H18Br2N2. The van der Waals surface area contributed by atoms with E-state index >= 15 is 0 Å². The number of fused-ring (bicyclic) bond motifs is 2. The minimum Gasteiger partial charge on any atom is -0.364 e. The smallest absolute Gasteiger partial charge is 0.0526 e. The van der Waals surface area contributed by atoms with Gasteiger partial charge in [-0.05, 0) is 66.9 Å². The van der Waals surface area contributed by atoms with E-state index in [-0.39, 0.29) is 0 Å². The lowest BCUT2D eigenvalue weighted by molar-refractivity contribution is 0.373. The highest BCUT2D eigenvalue weighted by atomic mass is 79.9. The van der Waals surface area contributed by atoms with Gasteiger partial charge in [0, 0.05) is 27.1 Å². The Morgan fingerprint density at radius 1 is 1.17 bits per heavy atom. The number of hydrogen-bond acceptors (Lipinski definition) is 2. The largest absolute Gasteiger partial charge is 0.364 e. The van der Waals surface area contributed by atoms with Crippen molar-refractivity contribution in [2.24, 2.45) is 0 Å². The molecule has 0 aliphatic carbocycles. The molecule has 1 N–H and O–H groups in total. The Morgan fingerprint density at radius 2 is 1.83 bits per heavy atom. The van der Waals surface area contributed by atoms with E-state index in [4.69, 9.17) is 0 Å². The van der Waals surface area contributed by atoms with E-state index in [1.54, 1.807) is 0 Å². The Labute approximate surface area is 125 Å². The average Bonchev–Trinajstić information content (AvgIpc) is 2.63. The van der Waals surface area contributed by atoms with E-state index in [1.165, 1.54) is 35.8 Å².